The average Bonchev–Trinajstić information content (AvgIpc) is 2.20. The Morgan fingerprint density at radius 2 is 2.00 bits per heavy atom. The maximum Gasteiger partial charge on any atom is 0.237 e. The smallest absolute Gasteiger partial charge is 0.237 e. The fraction of sp³-hybridized carbons (Fsp3) is 0.889. The van der Waals surface area contributed by atoms with E-state index in [0.717, 1.165) is 0 Å². The van der Waals surface area contributed by atoms with E-state index in [1.807, 2.05) is 6.92 Å². The van der Waals surface area contributed by atoms with Gasteiger partial charge in [0.15, 0.2) is 0 Å². The van der Waals surface area contributed by atoms with Gasteiger partial charge in [-0.2, -0.15) is 0 Å². The highest BCUT2D eigenvalue weighted by Gasteiger charge is 2.25. The zero-order chi connectivity index (χ0) is 11.5. The minimum absolute atomic E-state index is 0.0291. The van der Waals surface area contributed by atoms with Crippen molar-refractivity contribution in [3.05, 3.63) is 0 Å². The average molecular weight is 234 g/mol. The van der Waals surface area contributed by atoms with Crippen molar-refractivity contribution < 1.29 is 13.2 Å². The molecule has 1 aliphatic heterocycles. The van der Waals surface area contributed by atoms with Gasteiger partial charge in [-0.05, 0) is 19.3 Å². The summed E-state index contributed by atoms with van der Waals surface area (Å²) in [7, 11) is -2.86. The van der Waals surface area contributed by atoms with Crippen molar-refractivity contribution >= 4 is 15.7 Å². The third-order valence-corrected chi connectivity index (χ3v) is 4.39. The molecular weight excluding hydrogens is 216 g/mol. The lowest BCUT2D eigenvalue weighted by Gasteiger charge is -2.24. The number of nitrogens with one attached hydrogen (secondary N) is 1. The van der Waals surface area contributed by atoms with Crippen molar-refractivity contribution in [2.24, 2.45) is 5.73 Å². The molecule has 0 saturated carbocycles. The van der Waals surface area contributed by atoms with Gasteiger partial charge in [0.05, 0.1) is 17.5 Å². The van der Waals surface area contributed by atoms with E-state index in [1.165, 1.54) is 0 Å². The molecule has 1 amide bonds. The summed E-state index contributed by atoms with van der Waals surface area (Å²) < 4.78 is 22.3. The summed E-state index contributed by atoms with van der Waals surface area (Å²) in [6.45, 7) is 1.84. The molecule has 15 heavy (non-hydrogen) atoms. The van der Waals surface area contributed by atoms with Crippen LogP contribution in [0.3, 0.4) is 0 Å². The molecule has 1 heterocycles. The van der Waals surface area contributed by atoms with Gasteiger partial charge in [0.1, 0.15) is 9.84 Å². The zero-order valence-corrected chi connectivity index (χ0v) is 9.72. The maximum absolute atomic E-state index is 11.4. The van der Waals surface area contributed by atoms with Crippen LogP contribution in [0.5, 0.6) is 0 Å². The number of sulfone groups is 1. The molecule has 0 aromatic heterocycles. The Hall–Kier alpha value is -0.620. The van der Waals surface area contributed by atoms with Crippen LogP contribution in [0.25, 0.3) is 0 Å². The van der Waals surface area contributed by atoms with E-state index in [4.69, 9.17) is 5.73 Å². The SMILES string of the molecule is CC[C@@H](N)C(=O)NC1CCS(=O)(=O)CC1. The van der Waals surface area contributed by atoms with Gasteiger partial charge in [0, 0.05) is 6.04 Å². The predicted octanol–water partition coefficient (Wildman–Crippen LogP) is -0.583. The Balaban J connectivity index is 2.39. The topological polar surface area (TPSA) is 89.3 Å². The minimum Gasteiger partial charge on any atom is -0.352 e. The molecule has 88 valence electrons. The monoisotopic (exact) mass is 234 g/mol. The van der Waals surface area contributed by atoms with Crippen molar-refractivity contribution in [2.75, 3.05) is 11.5 Å². The second kappa shape index (κ2) is 4.94. The third kappa shape index (κ3) is 3.79. The van der Waals surface area contributed by atoms with E-state index < -0.39 is 15.9 Å². The van der Waals surface area contributed by atoms with E-state index in [-0.39, 0.29) is 23.5 Å². The van der Waals surface area contributed by atoms with E-state index >= 15 is 0 Å². The summed E-state index contributed by atoms with van der Waals surface area (Å²) in [5.74, 6) is 0.153. The minimum atomic E-state index is -2.86. The van der Waals surface area contributed by atoms with E-state index in [1.54, 1.807) is 0 Å². The summed E-state index contributed by atoms with van der Waals surface area (Å²) in [6, 6.07) is -0.512. The van der Waals surface area contributed by atoms with E-state index in [0.29, 0.717) is 19.3 Å². The highest BCUT2D eigenvalue weighted by atomic mass is 32.2. The molecule has 1 saturated heterocycles. The Kier molecular flexibility index (Phi) is 4.10. The van der Waals surface area contributed by atoms with Gasteiger partial charge >= 0.3 is 0 Å². The quantitative estimate of drug-likeness (QED) is 0.683. The molecule has 1 rings (SSSR count). The van der Waals surface area contributed by atoms with Gasteiger partial charge in [0.25, 0.3) is 0 Å². The first kappa shape index (κ1) is 12.4. The third-order valence-electron chi connectivity index (χ3n) is 2.68. The van der Waals surface area contributed by atoms with Gasteiger partial charge in [-0.25, -0.2) is 8.42 Å². The van der Waals surface area contributed by atoms with Gasteiger partial charge in [-0.3, -0.25) is 4.79 Å². The molecule has 1 fully saturated rings. The molecule has 5 nitrogen and oxygen atoms in total. The highest BCUT2D eigenvalue weighted by molar-refractivity contribution is 7.91. The van der Waals surface area contributed by atoms with Gasteiger partial charge < -0.3 is 11.1 Å². The molecule has 0 unspecified atom stereocenters. The molecule has 0 aliphatic carbocycles. The molecule has 0 aromatic carbocycles. The van der Waals surface area contributed by atoms with Crippen molar-refractivity contribution in [2.45, 2.75) is 38.3 Å². The summed E-state index contributed by atoms with van der Waals surface area (Å²) in [5.41, 5.74) is 5.56. The van der Waals surface area contributed by atoms with Crippen LogP contribution in [0.15, 0.2) is 0 Å². The van der Waals surface area contributed by atoms with Crippen molar-refractivity contribution in [3.8, 4) is 0 Å². The second-order valence-electron chi connectivity index (χ2n) is 3.95. The number of hydrogen-bond acceptors (Lipinski definition) is 4. The first-order valence-electron chi connectivity index (χ1n) is 5.21. The molecule has 0 aromatic rings. The number of nitrogens with two attached hydrogens (primary N) is 1. The first-order valence-corrected chi connectivity index (χ1v) is 7.03. The summed E-state index contributed by atoms with van der Waals surface area (Å²) in [6.07, 6.45) is 1.60. The molecular formula is C9H18N2O3S. The van der Waals surface area contributed by atoms with Crippen molar-refractivity contribution in [1.29, 1.82) is 0 Å². The van der Waals surface area contributed by atoms with Crippen molar-refractivity contribution in [3.63, 3.8) is 0 Å². The Labute approximate surface area is 90.3 Å². The predicted molar refractivity (Wildman–Crippen MR) is 58.1 cm³/mol. The van der Waals surface area contributed by atoms with Crippen LogP contribution in [-0.2, 0) is 14.6 Å². The van der Waals surface area contributed by atoms with Gasteiger partial charge in [-0.15, -0.1) is 0 Å². The molecule has 0 spiro atoms. The number of carbonyl (C=O) groups is 1. The fourth-order valence-electron chi connectivity index (χ4n) is 1.53. The number of carbonyl (C=O) groups excluding carboxylic acids is 1. The summed E-state index contributed by atoms with van der Waals surface area (Å²) in [4.78, 5) is 11.4. The Morgan fingerprint density at radius 3 is 2.47 bits per heavy atom. The van der Waals surface area contributed by atoms with Crippen LogP contribution in [0, 0.1) is 0 Å². The van der Waals surface area contributed by atoms with Crippen LogP contribution in [-0.4, -0.2) is 37.9 Å². The Morgan fingerprint density at radius 1 is 1.47 bits per heavy atom. The van der Waals surface area contributed by atoms with Crippen molar-refractivity contribution in [1.82, 2.24) is 5.32 Å². The molecule has 3 N–H and O–H groups in total. The first-order chi connectivity index (χ1) is 6.94. The van der Waals surface area contributed by atoms with E-state index in [2.05, 4.69) is 5.32 Å². The largest absolute Gasteiger partial charge is 0.352 e. The van der Waals surface area contributed by atoms with Gasteiger partial charge in [-0.1, -0.05) is 6.92 Å². The number of amides is 1. The maximum atomic E-state index is 11.4. The van der Waals surface area contributed by atoms with Gasteiger partial charge in [0.2, 0.25) is 5.91 Å². The summed E-state index contributed by atoms with van der Waals surface area (Å²) >= 11 is 0. The molecule has 6 heteroatoms. The van der Waals surface area contributed by atoms with Crippen LogP contribution in [0.2, 0.25) is 0 Å². The second-order valence-corrected chi connectivity index (χ2v) is 6.25. The van der Waals surface area contributed by atoms with E-state index in [9.17, 15) is 13.2 Å². The lowest BCUT2D eigenvalue weighted by atomic mass is 10.1. The number of rotatable bonds is 3. The standard InChI is InChI=1S/C9H18N2O3S/c1-2-8(10)9(12)11-7-3-5-15(13,14)6-4-7/h7-8H,2-6,10H2,1H3,(H,11,12)/t8-/m1/s1. The molecule has 0 bridgehead atoms. The lowest BCUT2D eigenvalue weighted by Crippen LogP contribution is -2.47. The lowest BCUT2D eigenvalue weighted by molar-refractivity contribution is -0.123. The molecule has 0 radical (unpaired) electrons. The Bertz CT molecular complexity index is 312. The normalized spacial score (nSPS) is 23.3. The summed E-state index contributed by atoms with van der Waals surface area (Å²) in [5, 5.41) is 2.78. The van der Waals surface area contributed by atoms with Crippen LogP contribution in [0.1, 0.15) is 26.2 Å². The van der Waals surface area contributed by atoms with Crippen LogP contribution in [0.4, 0.5) is 0 Å². The molecule has 1 atom stereocenters. The van der Waals surface area contributed by atoms with Crippen LogP contribution >= 0.6 is 0 Å². The fourth-order valence-corrected chi connectivity index (χ4v) is 3.02. The zero-order valence-electron chi connectivity index (χ0n) is 8.90. The molecule has 1 aliphatic rings. The number of hydrogen-bond donors (Lipinski definition) is 2. The van der Waals surface area contributed by atoms with Crippen LogP contribution < -0.4 is 11.1 Å². The highest BCUT2D eigenvalue weighted by Crippen LogP contribution is 2.12.